The molecule has 2 aromatic heterocycles. The van der Waals surface area contributed by atoms with Crippen LogP contribution in [0.3, 0.4) is 0 Å². The summed E-state index contributed by atoms with van der Waals surface area (Å²) in [5.74, 6) is 4.09. The topological polar surface area (TPSA) is 30.6 Å². The Balaban J connectivity index is 1.04. The van der Waals surface area contributed by atoms with Gasteiger partial charge >= 0.3 is 0 Å². The lowest BCUT2D eigenvalue weighted by atomic mass is 10.2. The average Bonchev–Trinajstić information content (AvgIpc) is 3.85. The van der Waals surface area contributed by atoms with E-state index in [0.717, 1.165) is 114 Å². The van der Waals surface area contributed by atoms with Crippen molar-refractivity contribution in [3.8, 4) is 0 Å². The largest absolute Gasteiger partial charge is 0.329 e. The molecule has 0 bridgehead atoms. The predicted octanol–water partition coefficient (Wildman–Crippen LogP) is 14.0. The molecule has 0 unspecified atom stereocenters. The molecule has 8 rings (SSSR count). The number of fused-ring (bicyclic) bond motifs is 4. The summed E-state index contributed by atoms with van der Waals surface area (Å²) in [5.41, 5.74) is 8.09. The van der Waals surface area contributed by atoms with Crippen molar-refractivity contribution in [3.05, 3.63) is 136 Å². The number of aryl methyl sites for hydroxylation is 4. The van der Waals surface area contributed by atoms with Crippen molar-refractivity contribution in [2.45, 2.75) is 46.2 Å². The predicted molar refractivity (Wildman–Crippen MR) is 270 cm³/mol. The van der Waals surface area contributed by atoms with Crippen molar-refractivity contribution in [1.29, 1.82) is 0 Å². The molecule has 6 aromatic rings. The van der Waals surface area contributed by atoms with Crippen LogP contribution in [0.5, 0.6) is 0 Å². The molecular formula is C47H46Cl8N8+2. The van der Waals surface area contributed by atoms with Crippen molar-refractivity contribution in [2.24, 2.45) is 14.1 Å². The molecule has 0 aliphatic carbocycles. The van der Waals surface area contributed by atoms with Gasteiger partial charge in [0.2, 0.25) is 0 Å². The third-order valence-corrected chi connectivity index (χ3v) is 14.9. The number of aromatic nitrogens is 4. The van der Waals surface area contributed by atoms with E-state index in [1.54, 1.807) is 0 Å². The minimum atomic E-state index is 0.517. The molecule has 0 N–H and O–H groups in total. The van der Waals surface area contributed by atoms with Crippen molar-refractivity contribution in [3.63, 3.8) is 0 Å². The highest BCUT2D eigenvalue weighted by Crippen LogP contribution is 2.46. The first kappa shape index (κ1) is 45.9. The summed E-state index contributed by atoms with van der Waals surface area (Å²) in [6.07, 6.45) is 15.5. The van der Waals surface area contributed by atoms with Crippen molar-refractivity contribution < 1.29 is 9.13 Å². The Kier molecular flexibility index (Phi) is 13.6. The van der Waals surface area contributed by atoms with Crippen LogP contribution in [-0.2, 0) is 27.2 Å². The number of anilines is 4. The summed E-state index contributed by atoms with van der Waals surface area (Å²) in [7, 11) is 8.20. The molecule has 0 saturated carbocycles. The van der Waals surface area contributed by atoms with E-state index < -0.39 is 0 Å². The monoisotopic (exact) mass is 1000 g/mol. The second-order valence-electron chi connectivity index (χ2n) is 15.6. The van der Waals surface area contributed by atoms with E-state index in [1.807, 2.05) is 62.6 Å². The Morgan fingerprint density at radius 1 is 0.460 bits per heavy atom. The SMILES string of the molecule is CCN1C(=CC=Cc2n(CCCCCn3c(C=CC=C4N(C)c5cc(Cl)c(Cl)cc5N4CC)[n+](C)c4cc(Cl)c(Cl)cc43)c3cc(Cl)c(Cl)cc3[n+]2C)N(C)c2cc(Cl)c(Cl)cc21. The van der Waals surface area contributed by atoms with Crippen LogP contribution in [-0.4, -0.2) is 36.3 Å². The van der Waals surface area contributed by atoms with Crippen molar-refractivity contribution >= 4 is 150 Å². The molecule has 63 heavy (non-hydrogen) atoms. The van der Waals surface area contributed by atoms with E-state index in [4.69, 9.17) is 92.8 Å². The third kappa shape index (κ3) is 8.40. The Labute approximate surface area is 408 Å². The van der Waals surface area contributed by atoms with E-state index in [1.165, 1.54) is 0 Å². The van der Waals surface area contributed by atoms with Gasteiger partial charge in [-0.05, 0) is 69.5 Å². The van der Waals surface area contributed by atoms with Gasteiger partial charge in [0.1, 0.15) is 11.6 Å². The van der Waals surface area contributed by atoms with Gasteiger partial charge < -0.3 is 19.6 Å². The second kappa shape index (κ2) is 18.7. The first-order valence-electron chi connectivity index (χ1n) is 20.7. The number of hydrogen-bond donors (Lipinski definition) is 0. The smallest absolute Gasteiger partial charge is 0.282 e. The molecule has 0 saturated heterocycles. The number of allylic oxidation sites excluding steroid dienone is 4. The highest BCUT2D eigenvalue weighted by atomic mass is 35.5. The number of nitrogens with zero attached hydrogens (tertiary/aromatic N) is 8. The molecule has 0 radical (unpaired) electrons. The lowest BCUT2D eigenvalue weighted by molar-refractivity contribution is -0.647. The van der Waals surface area contributed by atoms with Gasteiger partial charge in [-0.2, -0.15) is 0 Å². The molecule has 0 atom stereocenters. The zero-order valence-electron chi connectivity index (χ0n) is 35.6. The van der Waals surface area contributed by atoms with Crippen LogP contribution in [0.1, 0.15) is 44.8 Å². The number of halogens is 8. The van der Waals surface area contributed by atoms with Crippen LogP contribution in [0, 0.1) is 0 Å². The lowest BCUT2D eigenvalue weighted by Gasteiger charge is -2.20. The normalized spacial score (nSPS) is 15.4. The summed E-state index contributed by atoms with van der Waals surface area (Å²) in [4.78, 5) is 8.73. The highest BCUT2D eigenvalue weighted by Gasteiger charge is 2.31. The fraction of sp³-hybridized carbons (Fsp3) is 0.277. The van der Waals surface area contributed by atoms with Gasteiger partial charge in [-0.15, -0.1) is 0 Å². The van der Waals surface area contributed by atoms with Gasteiger partial charge in [0.05, 0.1) is 90.1 Å². The quantitative estimate of drug-likeness (QED) is 0.0903. The first-order chi connectivity index (χ1) is 30.1. The van der Waals surface area contributed by atoms with Crippen LogP contribution in [0.4, 0.5) is 22.7 Å². The van der Waals surface area contributed by atoms with Gasteiger partial charge in [-0.3, -0.25) is 0 Å². The Hall–Kier alpha value is -3.70. The van der Waals surface area contributed by atoms with Crippen molar-refractivity contribution in [1.82, 2.24) is 9.13 Å². The fourth-order valence-electron chi connectivity index (χ4n) is 8.85. The van der Waals surface area contributed by atoms with E-state index >= 15 is 0 Å². The zero-order chi connectivity index (χ0) is 45.0. The standard InChI is InChI=1S/C47H46Cl8N8/c1-7-60-40-24-32(52)28(48)20-36(40)56(3)44(60)14-12-16-46-58(5)38-22-30(50)34(54)26-42(38)62(46)18-10-9-11-19-63-43-27-35(55)31(51)23-39(43)59(6)47(63)17-13-15-45-57(4)37-21-29(49)33(53)25-41(37)61(45)8-2/h12-17,20-27H,7-11,18-19H2,1-6H3/q+2. The van der Waals surface area contributed by atoms with Gasteiger partial charge in [0.15, 0.2) is 22.1 Å². The van der Waals surface area contributed by atoms with Crippen LogP contribution < -0.4 is 28.7 Å². The minimum Gasteiger partial charge on any atom is -0.329 e. The Morgan fingerprint density at radius 2 is 0.794 bits per heavy atom. The van der Waals surface area contributed by atoms with Gasteiger partial charge in [0.25, 0.3) is 11.6 Å². The number of benzene rings is 4. The molecule has 8 nitrogen and oxygen atoms in total. The summed E-state index contributed by atoms with van der Waals surface area (Å²) in [5, 5.41) is 4.19. The van der Waals surface area contributed by atoms with Crippen LogP contribution >= 0.6 is 92.8 Å². The molecule has 16 heteroatoms. The van der Waals surface area contributed by atoms with Crippen LogP contribution in [0.15, 0.2) is 84.5 Å². The van der Waals surface area contributed by atoms with E-state index in [0.29, 0.717) is 40.2 Å². The average molecular weight is 1010 g/mol. The number of imidazole rings is 2. The highest BCUT2D eigenvalue weighted by molar-refractivity contribution is 6.44. The Morgan fingerprint density at radius 3 is 1.16 bits per heavy atom. The summed E-state index contributed by atoms with van der Waals surface area (Å²) >= 11 is 52.1. The maximum atomic E-state index is 6.63. The fourth-order valence-corrected chi connectivity index (χ4v) is 10.1. The maximum Gasteiger partial charge on any atom is 0.282 e. The van der Waals surface area contributed by atoms with E-state index in [9.17, 15) is 0 Å². The molecule has 0 fully saturated rings. The first-order valence-corrected chi connectivity index (χ1v) is 23.7. The molecule has 4 heterocycles. The molecule has 0 amide bonds. The molecule has 328 valence electrons. The second-order valence-corrected chi connectivity index (χ2v) is 18.9. The minimum absolute atomic E-state index is 0.517. The molecule has 2 aliphatic rings. The maximum absolute atomic E-state index is 6.63. The summed E-state index contributed by atoms with van der Waals surface area (Å²) < 4.78 is 8.98. The molecule has 4 aromatic carbocycles. The lowest BCUT2D eigenvalue weighted by Crippen LogP contribution is -2.31. The van der Waals surface area contributed by atoms with Gasteiger partial charge in [-0.25, -0.2) is 18.3 Å². The van der Waals surface area contributed by atoms with Gasteiger partial charge in [-0.1, -0.05) is 105 Å². The third-order valence-electron chi connectivity index (χ3n) is 12.0. The summed E-state index contributed by atoms with van der Waals surface area (Å²) in [6, 6.07) is 15.5. The van der Waals surface area contributed by atoms with Crippen LogP contribution in [0.25, 0.3) is 34.2 Å². The van der Waals surface area contributed by atoms with E-state index in [2.05, 4.69) is 102 Å². The van der Waals surface area contributed by atoms with Gasteiger partial charge in [0, 0.05) is 63.6 Å². The number of unbranched alkanes of at least 4 members (excludes halogenated alkanes) is 2. The van der Waals surface area contributed by atoms with E-state index in [-0.39, 0.29) is 0 Å². The van der Waals surface area contributed by atoms with Crippen molar-refractivity contribution in [2.75, 3.05) is 46.8 Å². The number of hydrogen-bond acceptors (Lipinski definition) is 4. The molecular weight excluding hydrogens is 960 g/mol. The molecule has 2 aliphatic heterocycles. The summed E-state index contributed by atoms with van der Waals surface area (Å²) in [6.45, 7) is 7.33. The number of rotatable bonds is 12. The Bertz CT molecular complexity index is 2730. The molecule has 0 spiro atoms. The zero-order valence-corrected chi connectivity index (χ0v) is 41.7. The van der Waals surface area contributed by atoms with Crippen LogP contribution in [0.2, 0.25) is 40.2 Å².